The number of rotatable bonds is 3. The number of H-pyrrole nitrogens is 1. The normalized spacial score (nSPS) is 28.0. The van der Waals surface area contributed by atoms with Crippen LogP contribution in [0.3, 0.4) is 0 Å². The van der Waals surface area contributed by atoms with Crippen molar-refractivity contribution < 1.29 is 14.7 Å². The fourth-order valence-corrected chi connectivity index (χ4v) is 3.85. The Hall–Kier alpha value is -1.85. The van der Waals surface area contributed by atoms with Gasteiger partial charge in [-0.25, -0.2) is 4.79 Å². The zero-order valence-corrected chi connectivity index (χ0v) is 13.1. The first-order valence-electron chi connectivity index (χ1n) is 8.09. The molecule has 0 radical (unpaired) electrons. The molecule has 3 rings (SSSR count). The Morgan fingerprint density at radius 1 is 1.36 bits per heavy atom. The van der Waals surface area contributed by atoms with Crippen molar-refractivity contribution in [1.29, 1.82) is 0 Å². The van der Waals surface area contributed by atoms with Crippen molar-refractivity contribution in [2.24, 2.45) is 5.92 Å². The Morgan fingerprint density at radius 3 is 2.73 bits per heavy atom. The zero-order chi connectivity index (χ0) is 15.9. The van der Waals surface area contributed by atoms with Crippen LogP contribution in [0.1, 0.15) is 68.1 Å². The van der Waals surface area contributed by atoms with Crippen molar-refractivity contribution in [2.75, 3.05) is 0 Å². The number of carbonyl (C=O) groups excluding carboxylic acids is 1. The molecule has 2 heterocycles. The molecule has 2 N–H and O–H groups in total. The van der Waals surface area contributed by atoms with Gasteiger partial charge in [0.15, 0.2) is 0 Å². The quantitative estimate of drug-likeness (QED) is 0.897. The number of carboxylic acids is 1. The largest absolute Gasteiger partial charge is 0.480 e. The lowest BCUT2D eigenvalue weighted by atomic mass is 9.84. The third kappa shape index (κ3) is 2.51. The molecule has 3 atom stereocenters. The first-order chi connectivity index (χ1) is 10.5. The minimum Gasteiger partial charge on any atom is -0.480 e. The molecule has 1 saturated carbocycles. The second-order valence-corrected chi connectivity index (χ2v) is 6.78. The molecule has 6 nitrogen and oxygen atoms in total. The molecule has 1 saturated heterocycles. The molecule has 0 bridgehead atoms. The number of hydrogen-bond donors (Lipinski definition) is 2. The molecule has 22 heavy (non-hydrogen) atoms. The second kappa shape index (κ2) is 5.74. The van der Waals surface area contributed by atoms with Gasteiger partial charge in [0.1, 0.15) is 11.7 Å². The van der Waals surface area contributed by atoms with Crippen LogP contribution in [0.5, 0.6) is 0 Å². The zero-order valence-electron chi connectivity index (χ0n) is 13.1. The van der Waals surface area contributed by atoms with Gasteiger partial charge in [-0.15, -0.1) is 0 Å². The van der Waals surface area contributed by atoms with E-state index in [0.29, 0.717) is 18.0 Å². The Morgan fingerprint density at radius 2 is 2.09 bits per heavy atom. The SMILES string of the molecule is CC(C)c1cc(C(=O)N2[C@@H]3CCCC[C@@H]3C[C@H]2C(=O)O)n[nH]1. The number of aromatic nitrogens is 2. The van der Waals surface area contributed by atoms with Crippen LogP contribution in [0.25, 0.3) is 0 Å². The summed E-state index contributed by atoms with van der Waals surface area (Å²) in [4.78, 5) is 26.0. The molecule has 0 spiro atoms. The summed E-state index contributed by atoms with van der Waals surface area (Å²) in [6.45, 7) is 4.05. The van der Waals surface area contributed by atoms with E-state index < -0.39 is 12.0 Å². The number of hydrogen-bond acceptors (Lipinski definition) is 3. The molecule has 0 unspecified atom stereocenters. The summed E-state index contributed by atoms with van der Waals surface area (Å²) in [6.07, 6.45) is 4.70. The summed E-state index contributed by atoms with van der Waals surface area (Å²) in [6, 6.07) is 1.10. The molecule has 1 aliphatic heterocycles. The predicted octanol–water partition coefficient (Wildman–Crippen LogP) is 2.39. The summed E-state index contributed by atoms with van der Waals surface area (Å²) >= 11 is 0. The fraction of sp³-hybridized carbons (Fsp3) is 0.688. The van der Waals surface area contributed by atoms with E-state index in [-0.39, 0.29) is 17.9 Å². The standard InChI is InChI=1S/C16H23N3O3/c1-9(2)11-8-12(18-17-11)15(20)19-13-6-4-3-5-10(13)7-14(19)16(21)22/h8-10,13-14H,3-7H2,1-2H3,(H,17,18)(H,21,22)/t10-,13-,14+/m1/s1. The molecule has 1 amide bonds. The van der Waals surface area contributed by atoms with Crippen molar-refractivity contribution in [3.8, 4) is 0 Å². The van der Waals surface area contributed by atoms with Crippen LogP contribution in [0.4, 0.5) is 0 Å². The molecular formula is C16H23N3O3. The van der Waals surface area contributed by atoms with Gasteiger partial charge in [-0.1, -0.05) is 26.7 Å². The fourth-order valence-electron chi connectivity index (χ4n) is 3.85. The number of aliphatic carboxylic acids is 1. The summed E-state index contributed by atoms with van der Waals surface area (Å²) in [5.41, 5.74) is 1.23. The minimum absolute atomic E-state index is 0.0570. The van der Waals surface area contributed by atoms with Crippen LogP contribution in [-0.2, 0) is 4.79 Å². The van der Waals surface area contributed by atoms with E-state index in [0.717, 1.165) is 31.4 Å². The molecular weight excluding hydrogens is 282 g/mol. The smallest absolute Gasteiger partial charge is 0.326 e. The number of carboxylic acid groups (broad SMARTS) is 1. The van der Waals surface area contributed by atoms with Crippen molar-refractivity contribution in [3.05, 3.63) is 17.5 Å². The van der Waals surface area contributed by atoms with E-state index in [2.05, 4.69) is 10.2 Å². The van der Waals surface area contributed by atoms with Gasteiger partial charge in [0.25, 0.3) is 5.91 Å². The Bertz CT molecular complexity index is 581. The van der Waals surface area contributed by atoms with Crippen LogP contribution in [0, 0.1) is 5.92 Å². The lowest BCUT2D eigenvalue weighted by Gasteiger charge is -2.32. The number of carbonyl (C=O) groups is 2. The van der Waals surface area contributed by atoms with E-state index in [1.54, 1.807) is 11.0 Å². The molecule has 1 aliphatic carbocycles. The molecule has 120 valence electrons. The summed E-state index contributed by atoms with van der Waals surface area (Å²) in [5, 5.41) is 16.5. The maximum Gasteiger partial charge on any atom is 0.326 e. The molecule has 2 aliphatic rings. The van der Waals surface area contributed by atoms with Gasteiger partial charge in [0, 0.05) is 11.7 Å². The predicted molar refractivity (Wildman–Crippen MR) is 80.6 cm³/mol. The van der Waals surface area contributed by atoms with Crippen molar-refractivity contribution in [3.63, 3.8) is 0 Å². The monoisotopic (exact) mass is 305 g/mol. The average molecular weight is 305 g/mol. The number of nitrogens with zero attached hydrogens (tertiary/aromatic N) is 2. The van der Waals surface area contributed by atoms with Crippen LogP contribution >= 0.6 is 0 Å². The summed E-state index contributed by atoms with van der Waals surface area (Å²) in [7, 11) is 0. The highest BCUT2D eigenvalue weighted by Crippen LogP contribution is 2.40. The molecule has 1 aromatic rings. The van der Waals surface area contributed by atoms with Gasteiger partial charge < -0.3 is 10.0 Å². The van der Waals surface area contributed by atoms with E-state index in [4.69, 9.17) is 0 Å². The van der Waals surface area contributed by atoms with E-state index in [1.807, 2.05) is 13.8 Å². The van der Waals surface area contributed by atoms with Crippen molar-refractivity contribution in [1.82, 2.24) is 15.1 Å². The molecule has 2 fully saturated rings. The van der Waals surface area contributed by atoms with Gasteiger partial charge in [0.05, 0.1) is 0 Å². The van der Waals surface area contributed by atoms with Gasteiger partial charge in [-0.2, -0.15) is 5.10 Å². The third-order valence-corrected chi connectivity index (χ3v) is 5.05. The van der Waals surface area contributed by atoms with Gasteiger partial charge in [0.2, 0.25) is 0 Å². The highest BCUT2D eigenvalue weighted by atomic mass is 16.4. The van der Waals surface area contributed by atoms with Crippen LogP contribution in [0.15, 0.2) is 6.07 Å². The number of aromatic amines is 1. The van der Waals surface area contributed by atoms with Gasteiger partial charge in [-0.3, -0.25) is 9.89 Å². The summed E-state index contributed by atoms with van der Waals surface area (Å²) < 4.78 is 0. The first kappa shape index (κ1) is 15.1. The maximum atomic E-state index is 12.8. The minimum atomic E-state index is -0.901. The van der Waals surface area contributed by atoms with E-state index in [9.17, 15) is 14.7 Å². The topological polar surface area (TPSA) is 86.3 Å². The molecule has 6 heteroatoms. The molecule has 0 aromatic carbocycles. The number of fused-ring (bicyclic) bond motifs is 1. The van der Waals surface area contributed by atoms with Crippen LogP contribution in [0.2, 0.25) is 0 Å². The highest BCUT2D eigenvalue weighted by Gasteiger charge is 2.48. The van der Waals surface area contributed by atoms with Crippen molar-refractivity contribution in [2.45, 2.75) is 64.0 Å². The number of nitrogens with one attached hydrogen (secondary N) is 1. The van der Waals surface area contributed by atoms with Crippen LogP contribution < -0.4 is 0 Å². The number of likely N-dealkylation sites (tertiary alicyclic amines) is 1. The number of amides is 1. The lowest BCUT2D eigenvalue weighted by Crippen LogP contribution is -2.46. The molecule has 1 aromatic heterocycles. The third-order valence-electron chi connectivity index (χ3n) is 5.05. The maximum absolute atomic E-state index is 12.8. The second-order valence-electron chi connectivity index (χ2n) is 6.78. The highest BCUT2D eigenvalue weighted by molar-refractivity contribution is 5.95. The Labute approximate surface area is 129 Å². The Kier molecular flexibility index (Phi) is 3.93. The van der Waals surface area contributed by atoms with Crippen molar-refractivity contribution >= 4 is 11.9 Å². The van der Waals surface area contributed by atoms with E-state index >= 15 is 0 Å². The van der Waals surface area contributed by atoms with Gasteiger partial charge >= 0.3 is 5.97 Å². The van der Waals surface area contributed by atoms with Crippen LogP contribution in [-0.4, -0.2) is 44.2 Å². The van der Waals surface area contributed by atoms with E-state index in [1.165, 1.54) is 0 Å². The first-order valence-corrected chi connectivity index (χ1v) is 8.09. The van der Waals surface area contributed by atoms with Gasteiger partial charge in [-0.05, 0) is 37.2 Å². The average Bonchev–Trinajstić information content (AvgIpc) is 3.11. The lowest BCUT2D eigenvalue weighted by molar-refractivity contribution is -0.141. The summed E-state index contributed by atoms with van der Waals surface area (Å²) in [5.74, 6) is -0.569. The Balaban J connectivity index is 1.88.